The molecule has 0 aromatic heterocycles. The van der Waals surface area contributed by atoms with Gasteiger partial charge in [0.2, 0.25) is 0 Å². The van der Waals surface area contributed by atoms with Crippen molar-refractivity contribution in [3.05, 3.63) is 0 Å². The summed E-state index contributed by atoms with van der Waals surface area (Å²) in [6, 6.07) is 0. The Bertz CT molecular complexity index is 11.6. The molecule has 5 heteroatoms. The molecule has 0 aliphatic rings. The first-order valence-corrected chi connectivity index (χ1v) is 1.39. The molecule has 0 fully saturated rings. The van der Waals surface area contributed by atoms with E-state index in [1.54, 1.807) is 0 Å². The van der Waals surface area contributed by atoms with E-state index in [1.165, 1.54) is 0 Å². The van der Waals surface area contributed by atoms with Crippen LogP contribution in [0.4, 0.5) is 0 Å². The van der Waals surface area contributed by atoms with E-state index in [-0.39, 0.29) is 19.5 Å². The van der Waals surface area contributed by atoms with Crippen molar-refractivity contribution in [3.8, 4) is 0 Å². The van der Waals surface area contributed by atoms with Crippen molar-refractivity contribution >= 4 is 0 Å². The molecule has 0 bridgehead atoms. The van der Waals surface area contributed by atoms with Gasteiger partial charge in [0.15, 0.2) is 0 Å². The van der Waals surface area contributed by atoms with Crippen molar-refractivity contribution in [2.24, 2.45) is 0 Å². The molecule has 0 aliphatic heterocycles. The molecule has 0 spiro atoms. The fourth-order valence-electron chi connectivity index (χ4n) is 0. The van der Waals surface area contributed by atoms with Crippen LogP contribution in [0.1, 0.15) is 0 Å². The SMILES string of the molecule is [O-][Cl+2]([O-])[O-].[Zn+2]. The van der Waals surface area contributed by atoms with Crippen LogP contribution in [0.25, 0.3) is 0 Å². The number of halogens is 1. The van der Waals surface area contributed by atoms with Crippen LogP contribution >= 0.6 is 0 Å². The van der Waals surface area contributed by atoms with Crippen LogP contribution in [-0.4, -0.2) is 0 Å². The average molecular weight is 149 g/mol. The fourth-order valence-corrected chi connectivity index (χ4v) is 0. The van der Waals surface area contributed by atoms with Gasteiger partial charge in [-0.2, -0.15) is 0 Å². The van der Waals surface area contributed by atoms with Gasteiger partial charge in [-0.3, -0.25) is 0 Å². The maximum atomic E-state index is 8.41. The molecule has 26 valence electrons. The Kier molecular flexibility index (Phi) is 8.87. The van der Waals surface area contributed by atoms with Gasteiger partial charge in [-0.05, 0) is 0 Å². The van der Waals surface area contributed by atoms with Crippen LogP contribution in [0, 0.1) is 10.8 Å². The summed E-state index contributed by atoms with van der Waals surface area (Å²) < 4.78 is 25.2. The van der Waals surface area contributed by atoms with Gasteiger partial charge in [0, 0.05) is 0 Å². The molecule has 0 atom stereocenters. The minimum absolute atomic E-state index is 0. The maximum absolute atomic E-state index is 8.41. The minimum Gasteiger partial charge on any atom is -0.357 e. The largest absolute Gasteiger partial charge is 2.00 e. The zero-order chi connectivity index (χ0) is 3.58. The van der Waals surface area contributed by atoms with Gasteiger partial charge in [0.05, 0.1) is 10.8 Å². The van der Waals surface area contributed by atoms with Crippen molar-refractivity contribution in [1.29, 1.82) is 0 Å². The Labute approximate surface area is 44.8 Å². The number of rotatable bonds is 0. The Hall–Kier alpha value is 0.793. The van der Waals surface area contributed by atoms with E-state index >= 15 is 0 Å². The number of hydrogen-bond acceptors (Lipinski definition) is 3. The standard InChI is InChI=1S/ClO3.Zn/c2-1(3)4;/q-1;+2. The fraction of sp³-hybridized carbons (Fsp3) is 0. The summed E-state index contributed by atoms with van der Waals surface area (Å²) in [6.45, 7) is 0. The van der Waals surface area contributed by atoms with Crippen LogP contribution in [0.5, 0.6) is 0 Å². The van der Waals surface area contributed by atoms with Gasteiger partial charge in [0.1, 0.15) is 0 Å². The molecule has 0 amide bonds. The third-order valence-corrected chi connectivity index (χ3v) is 0. The van der Waals surface area contributed by atoms with Crippen molar-refractivity contribution in [3.63, 3.8) is 0 Å². The van der Waals surface area contributed by atoms with E-state index in [1.807, 2.05) is 0 Å². The van der Waals surface area contributed by atoms with Crippen LogP contribution in [0.15, 0.2) is 0 Å². The third kappa shape index (κ3) is 59.4. The zero-order valence-corrected chi connectivity index (χ0v) is 6.03. The predicted molar refractivity (Wildman–Crippen MR) is 0 cm³/mol. The molecule has 0 rings (SSSR count). The first-order chi connectivity index (χ1) is 1.73. The Balaban J connectivity index is 0. The molecule has 0 heterocycles. The van der Waals surface area contributed by atoms with Gasteiger partial charge >= 0.3 is 19.5 Å². The van der Waals surface area contributed by atoms with Crippen molar-refractivity contribution < 1.29 is 44.2 Å². The van der Waals surface area contributed by atoms with Crippen molar-refractivity contribution in [1.82, 2.24) is 0 Å². The maximum Gasteiger partial charge on any atom is 2.00 e. The monoisotopic (exact) mass is 147 g/mol. The summed E-state index contributed by atoms with van der Waals surface area (Å²) in [5.41, 5.74) is 0. The molecule has 0 saturated carbocycles. The van der Waals surface area contributed by atoms with E-state index in [0.29, 0.717) is 0 Å². The van der Waals surface area contributed by atoms with Gasteiger partial charge in [0.25, 0.3) is 0 Å². The van der Waals surface area contributed by atoms with Crippen molar-refractivity contribution in [2.45, 2.75) is 0 Å². The van der Waals surface area contributed by atoms with E-state index in [0.717, 1.165) is 0 Å². The molecule has 0 aliphatic carbocycles. The normalized spacial score (nSPS) is 7.20. The molecule has 5 heavy (non-hydrogen) atoms. The van der Waals surface area contributed by atoms with Gasteiger partial charge in [-0.25, -0.2) is 0 Å². The Morgan fingerprint density at radius 2 is 1.00 bits per heavy atom. The van der Waals surface area contributed by atoms with E-state index in [9.17, 15) is 0 Å². The Morgan fingerprint density at radius 3 is 1.00 bits per heavy atom. The summed E-state index contributed by atoms with van der Waals surface area (Å²) in [5, 5.41) is 0. The van der Waals surface area contributed by atoms with Crippen LogP contribution < -0.4 is 14.0 Å². The summed E-state index contributed by atoms with van der Waals surface area (Å²) >= 11 is 0. The van der Waals surface area contributed by atoms with Crippen LogP contribution in [0.3, 0.4) is 0 Å². The molecule has 0 N–H and O–H groups in total. The van der Waals surface area contributed by atoms with Gasteiger partial charge < -0.3 is 14.0 Å². The quantitative estimate of drug-likeness (QED) is 0.334. The Morgan fingerprint density at radius 1 is 1.00 bits per heavy atom. The zero-order valence-electron chi connectivity index (χ0n) is 2.31. The minimum atomic E-state index is -2.85. The second-order valence-corrected chi connectivity index (χ2v) is 0.567. The van der Waals surface area contributed by atoms with E-state index in [2.05, 4.69) is 0 Å². The van der Waals surface area contributed by atoms with Crippen LogP contribution in [-0.2, 0) is 19.5 Å². The number of hydrogen-bond donors (Lipinski definition) is 0. The first kappa shape index (κ1) is 9.25. The second-order valence-electron chi connectivity index (χ2n) is 0.189. The van der Waals surface area contributed by atoms with E-state index < -0.39 is 10.8 Å². The van der Waals surface area contributed by atoms with Crippen LogP contribution in [0.2, 0.25) is 0 Å². The van der Waals surface area contributed by atoms with E-state index in [4.69, 9.17) is 14.0 Å². The summed E-state index contributed by atoms with van der Waals surface area (Å²) in [7, 11) is -2.85. The second kappa shape index (κ2) is 4.79. The first-order valence-electron chi connectivity index (χ1n) is 0.463. The molecule has 3 nitrogen and oxygen atoms in total. The molecular formula is ClO3Zn+. The molecule has 0 unspecified atom stereocenters. The van der Waals surface area contributed by atoms with Gasteiger partial charge in [-0.1, -0.05) is 0 Å². The summed E-state index contributed by atoms with van der Waals surface area (Å²) in [4.78, 5) is 0. The average Bonchev–Trinajstić information content (AvgIpc) is 0.811. The summed E-state index contributed by atoms with van der Waals surface area (Å²) in [6.07, 6.45) is 0. The molecule has 0 aromatic carbocycles. The van der Waals surface area contributed by atoms with Gasteiger partial charge in [-0.15, -0.1) is 0 Å². The molecule has 0 saturated heterocycles. The summed E-state index contributed by atoms with van der Waals surface area (Å²) in [5.74, 6) is 0. The topological polar surface area (TPSA) is 69.2 Å². The third-order valence-electron chi connectivity index (χ3n) is 0. The van der Waals surface area contributed by atoms with Crippen molar-refractivity contribution in [2.75, 3.05) is 0 Å². The molecule has 0 radical (unpaired) electrons. The predicted octanol–water partition coefficient (Wildman–Crippen LogP) is -3.57. The smallest absolute Gasteiger partial charge is 0.357 e. The molecule has 0 aromatic rings. The molecular weight excluding hydrogens is 149 g/mol.